The molecule has 7 nitrogen and oxygen atoms in total. The number of thioether (sulfide) groups is 1. The maximum atomic E-state index is 11.2. The lowest BCUT2D eigenvalue weighted by atomic mass is 10.2. The number of hydrogen-bond acceptors (Lipinski definition) is 5. The molecule has 98 valence electrons. The minimum atomic E-state index is -1.01. The molecule has 0 saturated carbocycles. The van der Waals surface area contributed by atoms with Gasteiger partial charge in [-0.25, -0.2) is 0 Å². The van der Waals surface area contributed by atoms with E-state index >= 15 is 0 Å². The van der Waals surface area contributed by atoms with Crippen molar-refractivity contribution in [3.8, 4) is 0 Å². The summed E-state index contributed by atoms with van der Waals surface area (Å²) in [7, 11) is 0. The Morgan fingerprint density at radius 1 is 1.61 bits per heavy atom. The van der Waals surface area contributed by atoms with Crippen molar-refractivity contribution >= 4 is 23.6 Å². The second kappa shape index (κ2) is 6.20. The van der Waals surface area contributed by atoms with Crippen LogP contribution < -0.4 is 11.3 Å². The van der Waals surface area contributed by atoms with Crippen LogP contribution in [-0.2, 0) is 9.59 Å². The third kappa shape index (κ3) is 4.21. The Morgan fingerprint density at radius 3 is 2.83 bits per heavy atom. The molecular weight excluding hydrogens is 258 g/mol. The first kappa shape index (κ1) is 14.2. The summed E-state index contributed by atoms with van der Waals surface area (Å²) in [5, 5.41) is 8.87. The predicted octanol–water partition coefficient (Wildman–Crippen LogP) is -0.144. The first-order valence-electron chi connectivity index (χ1n) is 5.12. The molecule has 18 heavy (non-hydrogen) atoms. The second-order valence-corrected chi connectivity index (χ2v) is 4.60. The molecule has 0 radical (unpaired) electrons. The maximum absolute atomic E-state index is 11.2. The first-order chi connectivity index (χ1) is 8.40. The van der Waals surface area contributed by atoms with Crippen LogP contribution in [0.1, 0.15) is 19.4 Å². The molecule has 0 spiro atoms. The van der Waals surface area contributed by atoms with Crippen molar-refractivity contribution in [3.63, 3.8) is 0 Å². The van der Waals surface area contributed by atoms with Crippen molar-refractivity contribution < 1.29 is 14.7 Å². The molecule has 0 aliphatic heterocycles. The van der Waals surface area contributed by atoms with E-state index in [0.29, 0.717) is 0 Å². The minimum absolute atomic E-state index is 0.0885. The topological polar surface area (TPSA) is 115 Å². The van der Waals surface area contributed by atoms with E-state index in [1.54, 1.807) is 11.5 Å². The third-order valence-corrected chi connectivity index (χ3v) is 3.05. The van der Waals surface area contributed by atoms with Gasteiger partial charge in [-0.15, -0.1) is 0 Å². The molecule has 1 amide bonds. The fourth-order valence-electron chi connectivity index (χ4n) is 1.36. The van der Waals surface area contributed by atoms with Crippen LogP contribution in [0.4, 0.5) is 0 Å². The molecule has 1 atom stereocenters. The van der Waals surface area contributed by atoms with Gasteiger partial charge in [0.05, 0.1) is 5.75 Å². The Balaban J connectivity index is 2.98. The number of rotatable bonds is 6. The van der Waals surface area contributed by atoms with Gasteiger partial charge >= 0.3 is 5.97 Å². The molecule has 0 aliphatic rings. The van der Waals surface area contributed by atoms with Gasteiger partial charge in [0.2, 0.25) is 5.91 Å². The summed E-state index contributed by atoms with van der Waals surface area (Å²) in [5.41, 5.74) is 4.64. The fraction of sp³-hybridized carbons (Fsp3) is 0.400. The van der Waals surface area contributed by atoms with E-state index in [4.69, 9.17) is 10.8 Å². The molecule has 1 unspecified atom stereocenters. The highest BCUT2D eigenvalue weighted by Crippen LogP contribution is 2.19. The van der Waals surface area contributed by atoms with Crippen LogP contribution in [-0.4, -0.2) is 32.3 Å². The van der Waals surface area contributed by atoms with Crippen molar-refractivity contribution in [2.75, 3.05) is 5.75 Å². The van der Waals surface area contributed by atoms with Crippen LogP contribution in [0.15, 0.2) is 22.2 Å². The Morgan fingerprint density at radius 2 is 2.28 bits per heavy atom. The maximum Gasteiger partial charge on any atom is 0.313 e. The smallest absolute Gasteiger partial charge is 0.313 e. The highest BCUT2D eigenvalue weighted by atomic mass is 32.2. The number of carbonyl (C=O) groups excluding carboxylic acids is 1. The summed E-state index contributed by atoms with van der Waals surface area (Å²) in [6.45, 7) is 1.74. The zero-order valence-electron chi connectivity index (χ0n) is 9.70. The summed E-state index contributed by atoms with van der Waals surface area (Å²) in [6, 6.07) is 0.967. The zero-order chi connectivity index (χ0) is 13.7. The molecule has 0 saturated heterocycles. The van der Waals surface area contributed by atoms with Gasteiger partial charge in [0, 0.05) is 24.7 Å². The summed E-state index contributed by atoms with van der Waals surface area (Å²) in [4.78, 5) is 36.2. The molecule has 0 aliphatic carbocycles. The van der Waals surface area contributed by atoms with Gasteiger partial charge in [0.15, 0.2) is 5.16 Å². The normalized spacial score (nSPS) is 12.1. The van der Waals surface area contributed by atoms with Gasteiger partial charge in [-0.05, 0) is 6.92 Å². The number of carboxylic acid groups (broad SMARTS) is 1. The van der Waals surface area contributed by atoms with Crippen LogP contribution in [0.5, 0.6) is 0 Å². The Bertz CT molecular complexity index is 514. The summed E-state index contributed by atoms with van der Waals surface area (Å²) >= 11 is 0.925. The third-order valence-electron chi connectivity index (χ3n) is 2.10. The first-order valence-corrected chi connectivity index (χ1v) is 6.10. The van der Waals surface area contributed by atoms with E-state index in [-0.39, 0.29) is 23.4 Å². The van der Waals surface area contributed by atoms with Gasteiger partial charge in [-0.3, -0.25) is 14.4 Å². The summed E-state index contributed by atoms with van der Waals surface area (Å²) in [5.74, 6) is -1.69. The molecule has 1 aromatic heterocycles. The van der Waals surface area contributed by atoms with Gasteiger partial charge in [0.1, 0.15) is 0 Å². The lowest BCUT2D eigenvalue weighted by molar-refractivity contribution is -0.134. The number of amides is 1. The molecule has 3 N–H and O–H groups in total. The molecular formula is C10H13N3O4S. The number of carboxylic acids is 1. The number of nitrogens with zero attached hydrogens (tertiary/aromatic N) is 2. The lowest BCUT2D eigenvalue weighted by Crippen LogP contribution is -2.21. The summed E-state index contributed by atoms with van der Waals surface area (Å²) < 4.78 is 1.57. The van der Waals surface area contributed by atoms with E-state index in [9.17, 15) is 14.4 Å². The van der Waals surface area contributed by atoms with E-state index < -0.39 is 17.4 Å². The van der Waals surface area contributed by atoms with Crippen molar-refractivity contribution in [2.24, 2.45) is 5.73 Å². The van der Waals surface area contributed by atoms with Crippen molar-refractivity contribution in [1.29, 1.82) is 0 Å². The number of nitrogens with two attached hydrogens (primary N) is 1. The Hall–Kier alpha value is -1.83. The number of primary amides is 1. The largest absolute Gasteiger partial charge is 0.481 e. The van der Waals surface area contributed by atoms with Crippen molar-refractivity contribution in [2.45, 2.75) is 24.5 Å². The second-order valence-electron chi connectivity index (χ2n) is 3.66. The van der Waals surface area contributed by atoms with Gasteiger partial charge in [-0.2, -0.15) is 4.98 Å². The number of carbonyl (C=O) groups is 2. The van der Waals surface area contributed by atoms with E-state index in [2.05, 4.69) is 4.98 Å². The van der Waals surface area contributed by atoms with E-state index in [1.165, 1.54) is 12.3 Å². The fourth-order valence-corrected chi connectivity index (χ4v) is 2.15. The number of hydrogen-bond donors (Lipinski definition) is 2. The quantitative estimate of drug-likeness (QED) is 0.549. The summed E-state index contributed by atoms with van der Waals surface area (Å²) in [6.07, 6.45) is 1.57. The van der Waals surface area contributed by atoms with E-state index in [0.717, 1.165) is 11.8 Å². The monoisotopic (exact) mass is 271 g/mol. The Labute approximate surface area is 107 Å². The minimum Gasteiger partial charge on any atom is -0.481 e. The highest BCUT2D eigenvalue weighted by Gasteiger charge is 2.13. The molecule has 0 bridgehead atoms. The Kier molecular flexibility index (Phi) is 4.90. The van der Waals surface area contributed by atoms with Crippen LogP contribution in [0.2, 0.25) is 0 Å². The van der Waals surface area contributed by atoms with Gasteiger partial charge in [-0.1, -0.05) is 11.8 Å². The van der Waals surface area contributed by atoms with Crippen LogP contribution in [0.25, 0.3) is 0 Å². The molecule has 0 aromatic carbocycles. The lowest BCUT2D eigenvalue weighted by Gasteiger charge is -2.17. The molecule has 0 fully saturated rings. The molecule has 8 heteroatoms. The van der Waals surface area contributed by atoms with Crippen LogP contribution >= 0.6 is 11.8 Å². The van der Waals surface area contributed by atoms with Gasteiger partial charge < -0.3 is 15.4 Å². The molecule has 1 rings (SSSR count). The number of aliphatic carboxylic acids is 1. The van der Waals surface area contributed by atoms with Gasteiger partial charge in [0.25, 0.3) is 5.56 Å². The zero-order valence-corrected chi connectivity index (χ0v) is 10.5. The standard InChI is InChI=1S/C10H13N3O4S/c1-6(4-7(11)14)13-3-2-8(15)12-10(13)18-5-9(16)17/h2-3,6H,4-5H2,1H3,(H2,11,14)(H,16,17). The predicted molar refractivity (Wildman–Crippen MR) is 65.4 cm³/mol. The number of aromatic nitrogens is 2. The van der Waals surface area contributed by atoms with E-state index in [1.807, 2.05) is 0 Å². The van der Waals surface area contributed by atoms with Crippen LogP contribution in [0, 0.1) is 0 Å². The SMILES string of the molecule is CC(CC(N)=O)n1ccc(=O)nc1SCC(=O)O. The molecule has 1 aromatic rings. The van der Waals surface area contributed by atoms with Crippen LogP contribution in [0.3, 0.4) is 0 Å². The average Bonchev–Trinajstić information content (AvgIpc) is 2.25. The molecule has 1 heterocycles. The average molecular weight is 271 g/mol. The van der Waals surface area contributed by atoms with Crippen molar-refractivity contribution in [3.05, 3.63) is 22.6 Å². The highest BCUT2D eigenvalue weighted by molar-refractivity contribution is 7.99. The van der Waals surface area contributed by atoms with Crippen molar-refractivity contribution in [1.82, 2.24) is 9.55 Å².